The number of carbonyl (C=O) groups excluding carboxylic acids is 3. The SMILES string of the molecule is O=C(O)C(C[C@@H]1CCNC1=O)NC(=O)[C@@H]1C[C@@H](c2ccccc2)CN1C(=O)/C=C/c1ccc(Cl)cc1F. The van der Waals surface area contributed by atoms with Gasteiger partial charge in [0.25, 0.3) is 0 Å². The molecule has 0 saturated carbocycles. The van der Waals surface area contributed by atoms with E-state index in [1.165, 1.54) is 29.2 Å². The molecule has 4 atom stereocenters. The minimum Gasteiger partial charge on any atom is -0.480 e. The van der Waals surface area contributed by atoms with Crippen LogP contribution in [-0.2, 0) is 19.2 Å². The lowest BCUT2D eigenvalue weighted by Gasteiger charge is -2.25. The van der Waals surface area contributed by atoms with Gasteiger partial charge in [-0.2, -0.15) is 0 Å². The van der Waals surface area contributed by atoms with Gasteiger partial charge in [0.15, 0.2) is 0 Å². The summed E-state index contributed by atoms with van der Waals surface area (Å²) in [4.78, 5) is 51.7. The second kappa shape index (κ2) is 11.6. The van der Waals surface area contributed by atoms with E-state index in [1.54, 1.807) is 0 Å². The highest BCUT2D eigenvalue weighted by molar-refractivity contribution is 6.30. The van der Waals surface area contributed by atoms with Crippen LogP contribution in [0.3, 0.4) is 0 Å². The van der Waals surface area contributed by atoms with E-state index in [9.17, 15) is 28.7 Å². The van der Waals surface area contributed by atoms with Crippen molar-refractivity contribution in [1.29, 1.82) is 0 Å². The average molecular weight is 528 g/mol. The van der Waals surface area contributed by atoms with Crippen LogP contribution in [0.1, 0.15) is 36.3 Å². The summed E-state index contributed by atoms with van der Waals surface area (Å²) in [5.74, 6) is -3.83. The van der Waals surface area contributed by atoms with Crippen molar-refractivity contribution < 1.29 is 28.7 Å². The number of amides is 3. The monoisotopic (exact) mass is 527 g/mol. The lowest BCUT2D eigenvalue weighted by atomic mass is 9.95. The molecule has 3 N–H and O–H groups in total. The van der Waals surface area contributed by atoms with Crippen molar-refractivity contribution in [3.8, 4) is 0 Å². The van der Waals surface area contributed by atoms with Gasteiger partial charge in [-0.3, -0.25) is 14.4 Å². The Kier molecular flexibility index (Phi) is 8.23. The molecule has 37 heavy (non-hydrogen) atoms. The number of nitrogens with zero attached hydrogens (tertiary/aromatic N) is 1. The molecule has 4 rings (SSSR count). The van der Waals surface area contributed by atoms with Gasteiger partial charge in [-0.25, -0.2) is 9.18 Å². The third kappa shape index (κ3) is 6.35. The number of carbonyl (C=O) groups is 4. The molecule has 194 valence electrons. The summed E-state index contributed by atoms with van der Waals surface area (Å²) in [5, 5.41) is 15.1. The number of benzene rings is 2. The van der Waals surface area contributed by atoms with E-state index in [0.717, 1.165) is 11.6 Å². The lowest BCUT2D eigenvalue weighted by molar-refractivity contribution is -0.144. The Morgan fingerprint density at radius 3 is 2.62 bits per heavy atom. The zero-order chi connectivity index (χ0) is 26.5. The van der Waals surface area contributed by atoms with Gasteiger partial charge < -0.3 is 20.6 Å². The smallest absolute Gasteiger partial charge is 0.326 e. The van der Waals surface area contributed by atoms with Crippen molar-refractivity contribution in [2.45, 2.75) is 37.3 Å². The van der Waals surface area contributed by atoms with Gasteiger partial charge in [0, 0.05) is 41.6 Å². The van der Waals surface area contributed by atoms with Crippen molar-refractivity contribution in [3.05, 3.63) is 76.6 Å². The number of rotatable bonds is 8. The highest BCUT2D eigenvalue weighted by Gasteiger charge is 2.41. The maximum absolute atomic E-state index is 14.2. The molecule has 2 aliphatic heterocycles. The fourth-order valence-electron chi connectivity index (χ4n) is 4.83. The number of likely N-dealkylation sites (tertiary alicyclic amines) is 1. The van der Waals surface area contributed by atoms with Crippen LogP contribution in [-0.4, -0.2) is 58.9 Å². The molecule has 2 saturated heterocycles. The van der Waals surface area contributed by atoms with E-state index < -0.39 is 41.6 Å². The van der Waals surface area contributed by atoms with Crippen LogP contribution in [0.4, 0.5) is 4.39 Å². The van der Waals surface area contributed by atoms with E-state index in [-0.39, 0.29) is 35.4 Å². The Hall–Kier alpha value is -3.72. The second-order valence-corrected chi connectivity index (χ2v) is 9.70. The summed E-state index contributed by atoms with van der Waals surface area (Å²) in [7, 11) is 0. The van der Waals surface area contributed by atoms with Gasteiger partial charge in [0.2, 0.25) is 17.7 Å². The van der Waals surface area contributed by atoms with Crippen LogP contribution in [0.15, 0.2) is 54.6 Å². The first-order chi connectivity index (χ1) is 17.7. The van der Waals surface area contributed by atoms with Crippen LogP contribution >= 0.6 is 11.6 Å². The van der Waals surface area contributed by atoms with Gasteiger partial charge in [-0.1, -0.05) is 48.0 Å². The topological polar surface area (TPSA) is 116 Å². The Labute approximate surface area is 218 Å². The minimum atomic E-state index is -1.27. The van der Waals surface area contributed by atoms with Crippen LogP contribution < -0.4 is 10.6 Å². The molecule has 3 amide bonds. The molecule has 2 fully saturated rings. The number of halogens is 2. The molecule has 2 aliphatic rings. The summed E-state index contributed by atoms with van der Waals surface area (Å²) in [6, 6.07) is 11.3. The van der Waals surface area contributed by atoms with Gasteiger partial charge >= 0.3 is 5.97 Å². The van der Waals surface area contributed by atoms with Crippen molar-refractivity contribution in [2.75, 3.05) is 13.1 Å². The third-order valence-corrected chi connectivity index (χ3v) is 7.06. The normalized spacial score (nSPS) is 22.2. The molecule has 0 bridgehead atoms. The summed E-state index contributed by atoms with van der Waals surface area (Å²) < 4.78 is 14.2. The van der Waals surface area contributed by atoms with Gasteiger partial charge in [0.05, 0.1) is 0 Å². The molecule has 1 unspecified atom stereocenters. The minimum absolute atomic E-state index is 0.0363. The first kappa shape index (κ1) is 26.3. The fourth-order valence-corrected chi connectivity index (χ4v) is 4.99. The first-order valence-electron chi connectivity index (χ1n) is 12.0. The molecular formula is C27H27ClFN3O5. The van der Waals surface area contributed by atoms with Crippen molar-refractivity contribution in [2.24, 2.45) is 5.92 Å². The number of hydrogen-bond donors (Lipinski definition) is 3. The van der Waals surface area contributed by atoms with Gasteiger partial charge in [-0.15, -0.1) is 0 Å². The van der Waals surface area contributed by atoms with Crippen molar-refractivity contribution in [3.63, 3.8) is 0 Å². The molecule has 8 nitrogen and oxygen atoms in total. The van der Waals surface area contributed by atoms with E-state index in [0.29, 0.717) is 19.4 Å². The molecule has 2 aromatic carbocycles. The van der Waals surface area contributed by atoms with Gasteiger partial charge in [-0.05, 0) is 43.0 Å². The van der Waals surface area contributed by atoms with E-state index in [1.807, 2.05) is 30.3 Å². The number of carboxylic acid groups (broad SMARTS) is 1. The molecule has 10 heteroatoms. The van der Waals surface area contributed by atoms with Crippen molar-refractivity contribution in [1.82, 2.24) is 15.5 Å². The Morgan fingerprint density at radius 1 is 1.22 bits per heavy atom. The predicted octanol–water partition coefficient (Wildman–Crippen LogP) is 2.97. The van der Waals surface area contributed by atoms with Crippen LogP contribution in [0.2, 0.25) is 5.02 Å². The Bertz CT molecular complexity index is 1220. The quantitative estimate of drug-likeness (QED) is 0.456. The van der Waals surface area contributed by atoms with Crippen LogP contribution in [0, 0.1) is 11.7 Å². The van der Waals surface area contributed by atoms with E-state index in [2.05, 4.69) is 10.6 Å². The maximum atomic E-state index is 14.2. The van der Waals surface area contributed by atoms with E-state index in [4.69, 9.17) is 11.6 Å². The summed E-state index contributed by atoms with van der Waals surface area (Å²) in [6.07, 6.45) is 3.26. The Balaban J connectivity index is 1.53. The zero-order valence-electron chi connectivity index (χ0n) is 19.9. The first-order valence-corrected chi connectivity index (χ1v) is 12.4. The highest BCUT2D eigenvalue weighted by Crippen LogP contribution is 2.32. The summed E-state index contributed by atoms with van der Waals surface area (Å²) in [6.45, 7) is 0.700. The van der Waals surface area contributed by atoms with Crippen LogP contribution in [0.5, 0.6) is 0 Å². The highest BCUT2D eigenvalue weighted by atomic mass is 35.5. The molecular weight excluding hydrogens is 501 g/mol. The maximum Gasteiger partial charge on any atom is 0.326 e. The lowest BCUT2D eigenvalue weighted by Crippen LogP contribution is -2.51. The third-order valence-electron chi connectivity index (χ3n) is 6.82. The summed E-state index contributed by atoms with van der Waals surface area (Å²) >= 11 is 5.79. The standard InChI is InChI=1S/C27H27ClFN3O5/c28-20-8-6-17(21(29)14-20)7-9-24(33)32-15-19(16-4-2-1-3-5-16)13-23(32)26(35)31-22(27(36)37)12-18-10-11-30-25(18)34/h1-9,14,18-19,22-23H,10-13,15H2,(H,30,34)(H,31,35)(H,36,37)/b9-7+/t18-,19+,22?,23-/m0/s1. The number of hydrogen-bond acceptors (Lipinski definition) is 4. The summed E-state index contributed by atoms with van der Waals surface area (Å²) in [5.41, 5.74) is 1.11. The molecule has 0 aromatic heterocycles. The molecule has 0 spiro atoms. The molecule has 0 aliphatic carbocycles. The fraction of sp³-hybridized carbons (Fsp3) is 0.333. The molecule has 2 heterocycles. The van der Waals surface area contributed by atoms with Crippen molar-refractivity contribution >= 4 is 41.4 Å². The number of nitrogens with one attached hydrogen (secondary N) is 2. The Morgan fingerprint density at radius 2 is 1.97 bits per heavy atom. The number of carboxylic acids is 1. The average Bonchev–Trinajstić information content (AvgIpc) is 3.50. The number of aliphatic carboxylic acids is 1. The molecule has 0 radical (unpaired) electrons. The van der Waals surface area contributed by atoms with E-state index >= 15 is 0 Å². The zero-order valence-corrected chi connectivity index (χ0v) is 20.7. The predicted molar refractivity (Wildman–Crippen MR) is 135 cm³/mol. The molecule has 2 aromatic rings. The van der Waals surface area contributed by atoms with Crippen LogP contribution in [0.25, 0.3) is 6.08 Å². The van der Waals surface area contributed by atoms with Gasteiger partial charge in [0.1, 0.15) is 17.9 Å². The largest absolute Gasteiger partial charge is 0.480 e. The second-order valence-electron chi connectivity index (χ2n) is 9.26.